The molecule has 0 aliphatic heterocycles. The summed E-state index contributed by atoms with van der Waals surface area (Å²) in [6.45, 7) is 1.58. The molecule has 35 heavy (non-hydrogen) atoms. The highest BCUT2D eigenvalue weighted by Crippen LogP contribution is 2.44. The Labute approximate surface area is 205 Å². The SMILES string of the molecule is COCC(C)(NC(=O)OCC1c2ccccc2-c2ccccc21)C(=O)NC1CCCCC1C(=O)O. The zero-order chi connectivity index (χ0) is 25.0. The van der Waals surface area contributed by atoms with Gasteiger partial charge in [-0.05, 0) is 42.0 Å². The first-order valence-corrected chi connectivity index (χ1v) is 12.0. The highest BCUT2D eigenvalue weighted by Gasteiger charge is 2.40. The summed E-state index contributed by atoms with van der Waals surface area (Å²) in [6, 6.07) is 15.6. The second-order valence-corrected chi connectivity index (χ2v) is 9.52. The molecule has 8 nitrogen and oxygen atoms in total. The van der Waals surface area contributed by atoms with Crippen LogP contribution in [0.1, 0.15) is 49.7 Å². The van der Waals surface area contributed by atoms with Crippen LogP contribution < -0.4 is 10.6 Å². The Balaban J connectivity index is 1.42. The van der Waals surface area contributed by atoms with Gasteiger partial charge >= 0.3 is 12.1 Å². The third-order valence-corrected chi connectivity index (χ3v) is 7.06. The van der Waals surface area contributed by atoms with Crippen LogP contribution in [0.25, 0.3) is 11.1 Å². The number of carbonyl (C=O) groups excluding carboxylic acids is 2. The average molecular weight is 481 g/mol. The fraction of sp³-hybridized carbons (Fsp3) is 0.444. The third kappa shape index (κ3) is 5.17. The Bertz CT molecular complexity index is 1060. The normalized spacial score (nSPS) is 20.7. The molecule has 0 aromatic heterocycles. The van der Waals surface area contributed by atoms with E-state index in [1.165, 1.54) is 7.11 Å². The van der Waals surface area contributed by atoms with Crippen molar-refractivity contribution in [1.82, 2.24) is 10.6 Å². The molecule has 2 aromatic rings. The van der Waals surface area contributed by atoms with Crippen LogP contribution >= 0.6 is 0 Å². The highest BCUT2D eigenvalue weighted by atomic mass is 16.5. The van der Waals surface area contributed by atoms with E-state index < -0.39 is 35.5 Å². The lowest BCUT2D eigenvalue weighted by molar-refractivity contribution is -0.144. The van der Waals surface area contributed by atoms with E-state index >= 15 is 0 Å². The van der Waals surface area contributed by atoms with E-state index in [4.69, 9.17) is 9.47 Å². The van der Waals surface area contributed by atoms with Gasteiger partial charge < -0.3 is 25.2 Å². The standard InChI is InChI=1S/C27H32N2O6/c1-27(16-34-2,25(32)28-23-14-8-7-13-21(23)24(30)31)29-26(33)35-15-22-19-11-5-3-9-17(19)18-10-4-6-12-20(18)22/h3-6,9-12,21-23H,7-8,13-16H2,1-2H3,(H,28,32)(H,29,33)(H,30,31). The van der Waals surface area contributed by atoms with E-state index in [0.717, 1.165) is 35.1 Å². The number of hydrogen-bond acceptors (Lipinski definition) is 5. The first kappa shape index (κ1) is 24.7. The minimum Gasteiger partial charge on any atom is -0.481 e. The Morgan fingerprint density at radius 3 is 2.20 bits per heavy atom. The minimum absolute atomic E-state index is 0.0898. The van der Waals surface area contributed by atoms with E-state index in [1.54, 1.807) is 6.92 Å². The Hall–Kier alpha value is -3.39. The van der Waals surface area contributed by atoms with Gasteiger partial charge in [0.2, 0.25) is 5.91 Å². The zero-order valence-corrected chi connectivity index (χ0v) is 20.1. The number of rotatable bonds is 8. The molecule has 2 amide bonds. The lowest BCUT2D eigenvalue weighted by Crippen LogP contribution is -2.62. The third-order valence-electron chi connectivity index (χ3n) is 7.06. The first-order chi connectivity index (χ1) is 16.8. The van der Waals surface area contributed by atoms with Crippen molar-refractivity contribution in [3.63, 3.8) is 0 Å². The molecule has 0 bridgehead atoms. The van der Waals surface area contributed by atoms with E-state index in [2.05, 4.69) is 22.8 Å². The van der Waals surface area contributed by atoms with Gasteiger partial charge in [0.15, 0.2) is 0 Å². The van der Waals surface area contributed by atoms with E-state index in [-0.39, 0.29) is 19.1 Å². The lowest BCUT2D eigenvalue weighted by Gasteiger charge is -2.34. The molecule has 3 atom stereocenters. The number of nitrogens with one attached hydrogen (secondary N) is 2. The van der Waals surface area contributed by atoms with E-state index in [9.17, 15) is 19.5 Å². The molecule has 3 N–H and O–H groups in total. The molecule has 0 radical (unpaired) electrons. The molecule has 2 aromatic carbocycles. The number of methoxy groups -OCH3 is 1. The van der Waals surface area contributed by atoms with Gasteiger partial charge in [-0.3, -0.25) is 9.59 Å². The van der Waals surface area contributed by atoms with Crippen LogP contribution in [0.5, 0.6) is 0 Å². The van der Waals surface area contributed by atoms with Gasteiger partial charge in [0.25, 0.3) is 0 Å². The number of fused-ring (bicyclic) bond motifs is 3. The molecule has 1 saturated carbocycles. The van der Waals surface area contributed by atoms with E-state index in [1.807, 2.05) is 36.4 Å². The predicted molar refractivity (Wildman–Crippen MR) is 130 cm³/mol. The monoisotopic (exact) mass is 480 g/mol. The topological polar surface area (TPSA) is 114 Å². The summed E-state index contributed by atoms with van der Waals surface area (Å²) >= 11 is 0. The summed E-state index contributed by atoms with van der Waals surface area (Å²) in [5.74, 6) is -2.16. The Morgan fingerprint density at radius 1 is 1.00 bits per heavy atom. The largest absolute Gasteiger partial charge is 0.481 e. The molecular formula is C27H32N2O6. The maximum Gasteiger partial charge on any atom is 0.408 e. The smallest absolute Gasteiger partial charge is 0.408 e. The Kier molecular flexibility index (Phi) is 7.40. The average Bonchev–Trinajstić information content (AvgIpc) is 3.17. The van der Waals surface area contributed by atoms with Crippen molar-refractivity contribution >= 4 is 18.0 Å². The van der Waals surface area contributed by atoms with Crippen molar-refractivity contribution in [3.05, 3.63) is 59.7 Å². The quantitative estimate of drug-likeness (QED) is 0.531. The van der Waals surface area contributed by atoms with Gasteiger partial charge in [-0.25, -0.2) is 4.79 Å². The fourth-order valence-corrected chi connectivity index (χ4v) is 5.23. The van der Waals surface area contributed by atoms with Crippen LogP contribution in [0, 0.1) is 5.92 Å². The second-order valence-electron chi connectivity index (χ2n) is 9.52. The maximum atomic E-state index is 13.2. The predicted octanol–water partition coefficient (Wildman–Crippen LogP) is 3.69. The molecular weight excluding hydrogens is 448 g/mol. The summed E-state index contributed by atoms with van der Waals surface area (Å²) in [5.41, 5.74) is 3.02. The number of aliphatic carboxylic acids is 1. The number of ether oxygens (including phenoxy) is 2. The number of alkyl carbamates (subject to hydrolysis) is 1. The van der Waals surface area contributed by atoms with Crippen LogP contribution in [0.15, 0.2) is 48.5 Å². The van der Waals surface area contributed by atoms with Gasteiger partial charge in [0.05, 0.1) is 12.5 Å². The maximum absolute atomic E-state index is 13.2. The molecule has 186 valence electrons. The van der Waals surface area contributed by atoms with Gasteiger partial charge in [-0.1, -0.05) is 61.4 Å². The molecule has 0 spiro atoms. The zero-order valence-electron chi connectivity index (χ0n) is 20.1. The van der Waals surface area contributed by atoms with E-state index in [0.29, 0.717) is 12.8 Å². The van der Waals surface area contributed by atoms with Crippen LogP contribution in [-0.4, -0.2) is 55.0 Å². The van der Waals surface area contributed by atoms with Gasteiger partial charge in [-0.15, -0.1) is 0 Å². The molecule has 3 unspecified atom stereocenters. The number of carboxylic acid groups (broad SMARTS) is 1. The van der Waals surface area contributed by atoms with Crippen molar-refractivity contribution in [2.45, 2.75) is 50.1 Å². The highest BCUT2D eigenvalue weighted by molar-refractivity contribution is 5.90. The number of carbonyl (C=O) groups is 3. The first-order valence-electron chi connectivity index (χ1n) is 12.0. The van der Waals surface area contributed by atoms with Crippen molar-refractivity contribution in [2.75, 3.05) is 20.3 Å². The minimum atomic E-state index is -1.42. The molecule has 1 fully saturated rings. The summed E-state index contributed by atoms with van der Waals surface area (Å²) < 4.78 is 10.8. The number of hydrogen-bond donors (Lipinski definition) is 3. The van der Waals surface area contributed by atoms with Crippen molar-refractivity contribution in [1.29, 1.82) is 0 Å². The van der Waals surface area contributed by atoms with Crippen molar-refractivity contribution in [3.8, 4) is 11.1 Å². The summed E-state index contributed by atoms with van der Waals surface area (Å²) in [6.07, 6.45) is 2.02. The number of carboxylic acids is 1. The van der Waals surface area contributed by atoms with Crippen molar-refractivity contribution < 1.29 is 29.0 Å². The van der Waals surface area contributed by atoms with Crippen LogP contribution in [0.3, 0.4) is 0 Å². The van der Waals surface area contributed by atoms with Gasteiger partial charge in [0, 0.05) is 19.1 Å². The summed E-state index contributed by atoms with van der Waals surface area (Å²) in [5, 5.41) is 15.0. The number of amides is 2. The summed E-state index contributed by atoms with van der Waals surface area (Å²) in [7, 11) is 1.44. The van der Waals surface area contributed by atoms with Crippen LogP contribution in [0.2, 0.25) is 0 Å². The fourth-order valence-electron chi connectivity index (χ4n) is 5.23. The lowest BCUT2D eigenvalue weighted by atomic mass is 9.84. The van der Waals surface area contributed by atoms with Gasteiger partial charge in [-0.2, -0.15) is 0 Å². The van der Waals surface area contributed by atoms with Gasteiger partial charge in [0.1, 0.15) is 12.1 Å². The second kappa shape index (κ2) is 10.5. The molecule has 2 aliphatic carbocycles. The molecule has 8 heteroatoms. The number of benzene rings is 2. The molecule has 0 saturated heterocycles. The summed E-state index contributed by atoms with van der Waals surface area (Å²) in [4.78, 5) is 37.6. The molecule has 2 aliphatic rings. The van der Waals surface area contributed by atoms with Crippen LogP contribution in [-0.2, 0) is 19.1 Å². The Morgan fingerprint density at radius 2 is 1.60 bits per heavy atom. The van der Waals surface area contributed by atoms with Crippen LogP contribution in [0.4, 0.5) is 4.79 Å². The molecule has 4 rings (SSSR count). The molecule has 0 heterocycles. The van der Waals surface area contributed by atoms with Crippen molar-refractivity contribution in [2.24, 2.45) is 5.92 Å².